The lowest BCUT2D eigenvalue weighted by atomic mass is 9.91. The molecule has 11 aromatic rings. The van der Waals surface area contributed by atoms with Crippen molar-refractivity contribution in [2.45, 2.75) is 0 Å². The van der Waals surface area contributed by atoms with E-state index in [0.29, 0.717) is 0 Å². The molecule has 0 radical (unpaired) electrons. The molecule has 0 aliphatic carbocycles. The van der Waals surface area contributed by atoms with Crippen molar-refractivity contribution >= 4 is 65.2 Å². The van der Waals surface area contributed by atoms with Gasteiger partial charge in [-0.05, 0) is 91.3 Å². The van der Waals surface area contributed by atoms with E-state index in [2.05, 4.69) is 180 Å². The third kappa shape index (κ3) is 4.61. The van der Waals surface area contributed by atoms with Crippen LogP contribution in [0.4, 0.5) is 0 Å². The Labute approximate surface area is 306 Å². The number of nitrogens with zero attached hydrogens (tertiary/aromatic N) is 3. The van der Waals surface area contributed by atoms with Gasteiger partial charge >= 0.3 is 0 Å². The summed E-state index contributed by atoms with van der Waals surface area (Å²) in [5.74, 6) is 0. The second kappa shape index (κ2) is 11.7. The molecule has 0 aliphatic rings. The molecule has 0 unspecified atom stereocenters. The van der Waals surface area contributed by atoms with Gasteiger partial charge in [-0.25, -0.2) is 0 Å². The van der Waals surface area contributed by atoms with E-state index in [1.165, 1.54) is 76.7 Å². The monoisotopic (exact) mass is 673 g/mol. The number of rotatable bonds is 4. The highest BCUT2D eigenvalue weighted by Gasteiger charge is 2.15. The Bertz CT molecular complexity index is 3150. The molecule has 3 heteroatoms. The van der Waals surface area contributed by atoms with Crippen LogP contribution in [0.2, 0.25) is 0 Å². The first-order chi connectivity index (χ1) is 26.3. The van der Waals surface area contributed by atoms with Crippen LogP contribution >= 0.6 is 0 Å². The molecular formula is C50H31N3. The Morgan fingerprint density at radius 2 is 0.792 bits per heavy atom. The molecule has 0 saturated carbocycles. The Kier molecular flexibility index (Phi) is 6.55. The minimum Gasteiger partial charge on any atom is -0.309 e. The van der Waals surface area contributed by atoms with Gasteiger partial charge < -0.3 is 4.57 Å². The molecule has 0 aliphatic heterocycles. The van der Waals surface area contributed by atoms with Crippen molar-refractivity contribution in [3.63, 3.8) is 0 Å². The fraction of sp³-hybridized carbons (Fsp3) is 0. The summed E-state index contributed by atoms with van der Waals surface area (Å²) in [6.45, 7) is 0. The normalized spacial score (nSPS) is 11.8. The van der Waals surface area contributed by atoms with E-state index in [1.54, 1.807) is 12.4 Å². The van der Waals surface area contributed by atoms with Gasteiger partial charge in [0.15, 0.2) is 0 Å². The van der Waals surface area contributed by atoms with Crippen LogP contribution in [0.15, 0.2) is 188 Å². The fourth-order valence-electron chi connectivity index (χ4n) is 8.50. The van der Waals surface area contributed by atoms with Crippen LogP contribution in [0, 0.1) is 0 Å². The number of hydrogen-bond acceptors (Lipinski definition) is 2. The number of aromatic nitrogens is 3. The predicted molar refractivity (Wildman–Crippen MR) is 223 cm³/mol. The lowest BCUT2D eigenvalue weighted by Crippen LogP contribution is -1.94. The van der Waals surface area contributed by atoms with Crippen molar-refractivity contribution in [1.82, 2.24) is 14.5 Å². The molecule has 0 N–H and O–H groups in total. The maximum Gasteiger partial charge on any atom is 0.0971 e. The topological polar surface area (TPSA) is 30.7 Å². The zero-order valence-electron chi connectivity index (χ0n) is 28.7. The molecule has 53 heavy (non-hydrogen) atoms. The summed E-state index contributed by atoms with van der Waals surface area (Å²) in [5, 5.41) is 9.64. The summed E-state index contributed by atoms with van der Waals surface area (Å²) < 4.78 is 2.39. The van der Waals surface area contributed by atoms with Crippen molar-refractivity contribution in [3.05, 3.63) is 188 Å². The van der Waals surface area contributed by atoms with Crippen LogP contribution in [0.1, 0.15) is 0 Å². The number of fused-ring (bicyclic) bond motifs is 10. The minimum atomic E-state index is 0.939. The molecule has 0 bridgehead atoms. The van der Waals surface area contributed by atoms with E-state index in [1.807, 2.05) is 0 Å². The minimum absolute atomic E-state index is 0.939. The van der Waals surface area contributed by atoms with Crippen LogP contribution in [-0.2, 0) is 0 Å². The van der Waals surface area contributed by atoms with Gasteiger partial charge in [0.05, 0.1) is 22.1 Å². The smallest absolute Gasteiger partial charge is 0.0971 e. The van der Waals surface area contributed by atoms with Gasteiger partial charge in [0.2, 0.25) is 0 Å². The molecule has 11 rings (SSSR count). The van der Waals surface area contributed by atoms with E-state index in [-0.39, 0.29) is 0 Å². The van der Waals surface area contributed by atoms with Crippen LogP contribution in [0.3, 0.4) is 0 Å². The SMILES string of the molecule is c1cc(-c2ccc3c(c2)c2ccccc2c2nccnc32)cc(-c2cccc3c(-c4cccc(-n5c6ccccc6c6ccccc65)c4)cccc23)c1. The van der Waals surface area contributed by atoms with E-state index >= 15 is 0 Å². The van der Waals surface area contributed by atoms with E-state index < -0.39 is 0 Å². The van der Waals surface area contributed by atoms with E-state index in [0.717, 1.165) is 27.5 Å². The van der Waals surface area contributed by atoms with Crippen LogP contribution in [-0.4, -0.2) is 14.5 Å². The summed E-state index contributed by atoms with van der Waals surface area (Å²) in [5.41, 5.74) is 12.7. The van der Waals surface area contributed by atoms with Gasteiger partial charge in [0.1, 0.15) is 0 Å². The van der Waals surface area contributed by atoms with Crippen molar-refractivity contribution in [1.29, 1.82) is 0 Å². The summed E-state index contributed by atoms with van der Waals surface area (Å²) in [6, 6.07) is 64.0. The highest BCUT2D eigenvalue weighted by molar-refractivity contribution is 6.23. The molecule has 0 spiro atoms. The fourth-order valence-corrected chi connectivity index (χ4v) is 8.50. The van der Waals surface area contributed by atoms with Crippen molar-refractivity contribution in [2.75, 3.05) is 0 Å². The molecule has 0 saturated heterocycles. The summed E-state index contributed by atoms with van der Waals surface area (Å²) in [6.07, 6.45) is 3.56. The maximum atomic E-state index is 4.75. The lowest BCUT2D eigenvalue weighted by Gasteiger charge is -2.14. The average Bonchev–Trinajstić information content (AvgIpc) is 3.58. The Morgan fingerprint density at radius 1 is 0.302 bits per heavy atom. The largest absolute Gasteiger partial charge is 0.309 e. The molecule has 9 aromatic carbocycles. The quantitative estimate of drug-likeness (QED) is 0.174. The molecule has 3 nitrogen and oxygen atoms in total. The second-order valence-corrected chi connectivity index (χ2v) is 13.8. The second-order valence-electron chi connectivity index (χ2n) is 13.8. The van der Waals surface area contributed by atoms with E-state index in [9.17, 15) is 0 Å². The zero-order valence-corrected chi connectivity index (χ0v) is 28.7. The first kappa shape index (κ1) is 29.6. The molecule has 2 heterocycles. The summed E-state index contributed by atoms with van der Waals surface area (Å²) in [4.78, 5) is 9.46. The molecular weight excluding hydrogens is 643 g/mol. The predicted octanol–water partition coefficient (Wildman–Crippen LogP) is 13.2. The van der Waals surface area contributed by atoms with Gasteiger partial charge in [-0.3, -0.25) is 9.97 Å². The average molecular weight is 674 g/mol. The van der Waals surface area contributed by atoms with Gasteiger partial charge in [-0.15, -0.1) is 0 Å². The van der Waals surface area contributed by atoms with Gasteiger partial charge in [-0.2, -0.15) is 0 Å². The standard InChI is InChI=1S/C50H31N3/c1-2-18-44-41(15-1)46-31-33(25-26-45(46)50-49(44)51-27-28-52-50)32-11-7-12-34(29-32)37-19-9-22-40-38(20-10-21-39(37)40)35-13-8-14-36(30-35)53-47-23-5-3-16-42(47)43-17-4-6-24-48(43)53/h1-31H. The Morgan fingerprint density at radius 3 is 1.47 bits per heavy atom. The summed E-state index contributed by atoms with van der Waals surface area (Å²) in [7, 11) is 0. The highest BCUT2D eigenvalue weighted by Crippen LogP contribution is 2.40. The molecule has 0 fully saturated rings. The van der Waals surface area contributed by atoms with Gasteiger partial charge in [-0.1, -0.05) is 140 Å². The van der Waals surface area contributed by atoms with Crippen LogP contribution < -0.4 is 0 Å². The van der Waals surface area contributed by atoms with Crippen molar-refractivity contribution in [2.24, 2.45) is 0 Å². The molecule has 0 amide bonds. The van der Waals surface area contributed by atoms with Gasteiger partial charge in [0, 0.05) is 39.6 Å². The maximum absolute atomic E-state index is 4.75. The number of benzene rings is 9. The Balaban J connectivity index is 1.03. The molecule has 0 atom stereocenters. The van der Waals surface area contributed by atoms with Gasteiger partial charge in [0.25, 0.3) is 0 Å². The Hall–Kier alpha value is -7.10. The molecule has 246 valence electrons. The van der Waals surface area contributed by atoms with Crippen LogP contribution in [0.5, 0.6) is 0 Å². The first-order valence-corrected chi connectivity index (χ1v) is 18.1. The van der Waals surface area contributed by atoms with Crippen molar-refractivity contribution in [3.8, 4) is 39.1 Å². The van der Waals surface area contributed by atoms with Crippen LogP contribution in [0.25, 0.3) is 104 Å². The molecule has 2 aromatic heterocycles. The van der Waals surface area contributed by atoms with E-state index in [4.69, 9.17) is 9.97 Å². The number of hydrogen-bond donors (Lipinski definition) is 0. The lowest BCUT2D eigenvalue weighted by molar-refractivity contribution is 1.18. The highest BCUT2D eigenvalue weighted by atomic mass is 15.0. The first-order valence-electron chi connectivity index (χ1n) is 18.1. The van der Waals surface area contributed by atoms with Crippen molar-refractivity contribution < 1.29 is 0 Å². The third-order valence-corrected chi connectivity index (χ3v) is 10.9. The third-order valence-electron chi connectivity index (χ3n) is 10.9. The summed E-state index contributed by atoms with van der Waals surface area (Å²) >= 11 is 0. The number of para-hydroxylation sites is 2. The zero-order chi connectivity index (χ0) is 34.9.